The molecule has 0 spiro atoms. The number of Topliss-reactive ketones (excluding diaryl/α,β-unsaturated/α-hetero) is 1. The van der Waals surface area contributed by atoms with E-state index in [9.17, 15) is 4.79 Å². The maximum Gasteiger partial charge on any atom is 0.152 e. The summed E-state index contributed by atoms with van der Waals surface area (Å²) >= 11 is 0. The molecular weight excluding hydrogens is 272 g/mol. The highest BCUT2D eigenvalue weighted by Gasteiger charge is 2.18. The van der Waals surface area contributed by atoms with Crippen LogP contribution >= 0.6 is 0 Å². The first-order chi connectivity index (χ1) is 10.7. The van der Waals surface area contributed by atoms with Crippen LogP contribution in [-0.2, 0) is 17.6 Å². The third-order valence-electron chi connectivity index (χ3n) is 4.12. The number of rotatable bonds is 5. The van der Waals surface area contributed by atoms with Crippen LogP contribution in [0.1, 0.15) is 31.3 Å². The van der Waals surface area contributed by atoms with Crippen molar-refractivity contribution in [2.75, 3.05) is 0 Å². The summed E-state index contributed by atoms with van der Waals surface area (Å²) in [6.45, 7) is 3.59. The molecule has 0 fully saturated rings. The van der Waals surface area contributed by atoms with Gasteiger partial charge in [0.2, 0.25) is 0 Å². The molecule has 0 aliphatic heterocycles. The van der Waals surface area contributed by atoms with Crippen molar-refractivity contribution in [3.63, 3.8) is 0 Å². The fourth-order valence-corrected chi connectivity index (χ4v) is 2.79. The van der Waals surface area contributed by atoms with Gasteiger partial charge in [-0.3, -0.25) is 4.79 Å². The Labute approximate surface area is 130 Å². The van der Waals surface area contributed by atoms with Gasteiger partial charge in [-0.1, -0.05) is 42.5 Å². The Morgan fingerprint density at radius 2 is 1.73 bits per heavy atom. The van der Waals surface area contributed by atoms with E-state index in [1.807, 2.05) is 37.3 Å². The van der Waals surface area contributed by atoms with Gasteiger partial charge >= 0.3 is 0 Å². The van der Waals surface area contributed by atoms with E-state index >= 15 is 0 Å². The maximum atomic E-state index is 11.9. The van der Waals surface area contributed by atoms with E-state index in [1.165, 1.54) is 5.56 Å². The van der Waals surface area contributed by atoms with Gasteiger partial charge in [-0.25, -0.2) is 4.98 Å². The summed E-state index contributed by atoms with van der Waals surface area (Å²) in [6, 6.07) is 18.2. The quantitative estimate of drug-likeness (QED) is 0.713. The summed E-state index contributed by atoms with van der Waals surface area (Å²) in [5, 5.41) is 0. The highest BCUT2D eigenvalue weighted by atomic mass is 16.1. The number of hydrogen-bond donors (Lipinski definition) is 0. The second kappa shape index (κ2) is 6.14. The lowest BCUT2D eigenvalue weighted by Crippen LogP contribution is -2.16. The molecule has 0 saturated carbocycles. The van der Waals surface area contributed by atoms with Gasteiger partial charge in [0.15, 0.2) is 5.78 Å². The summed E-state index contributed by atoms with van der Waals surface area (Å²) in [7, 11) is 0. The van der Waals surface area contributed by atoms with E-state index in [0.29, 0.717) is 0 Å². The molecule has 3 heteroatoms. The van der Waals surface area contributed by atoms with Crippen LogP contribution in [0.15, 0.2) is 54.6 Å². The lowest BCUT2D eigenvalue weighted by molar-refractivity contribution is -0.119. The highest BCUT2D eigenvalue weighted by Crippen LogP contribution is 2.22. The summed E-state index contributed by atoms with van der Waals surface area (Å²) in [4.78, 5) is 16.6. The predicted octanol–water partition coefficient (Wildman–Crippen LogP) is 3.97. The third-order valence-corrected chi connectivity index (χ3v) is 4.12. The molecule has 22 heavy (non-hydrogen) atoms. The second-order valence-electron chi connectivity index (χ2n) is 5.66. The first kappa shape index (κ1) is 14.5. The molecule has 0 bridgehead atoms. The molecule has 0 aliphatic rings. The van der Waals surface area contributed by atoms with Crippen LogP contribution in [0.25, 0.3) is 11.0 Å². The van der Waals surface area contributed by atoms with Gasteiger partial charge in [0.25, 0.3) is 0 Å². The Morgan fingerprint density at radius 3 is 2.45 bits per heavy atom. The van der Waals surface area contributed by atoms with Crippen molar-refractivity contribution in [2.45, 2.75) is 32.7 Å². The van der Waals surface area contributed by atoms with E-state index in [1.54, 1.807) is 6.92 Å². The molecule has 1 atom stereocenters. The van der Waals surface area contributed by atoms with Crippen LogP contribution in [0.4, 0.5) is 0 Å². The number of hydrogen-bond acceptors (Lipinski definition) is 2. The molecule has 0 aliphatic carbocycles. The van der Waals surface area contributed by atoms with Gasteiger partial charge < -0.3 is 4.57 Å². The Hall–Kier alpha value is -2.42. The van der Waals surface area contributed by atoms with Crippen LogP contribution in [0.3, 0.4) is 0 Å². The lowest BCUT2D eigenvalue weighted by Gasteiger charge is -2.15. The number of aryl methyl sites for hydroxylation is 2. The number of ketones is 1. The summed E-state index contributed by atoms with van der Waals surface area (Å²) in [5.74, 6) is 1.14. The van der Waals surface area contributed by atoms with Crippen LogP contribution in [0.5, 0.6) is 0 Å². The SMILES string of the molecule is CC(=O)C(C)n1c(CCc2ccccc2)nc2ccccc21. The van der Waals surface area contributed by atoms with Crippen LogP contribution in [-0.4, -0.2) is 15.3 Å². The summed E-state index contributed by atoms with van der Waals surface area (Å²) in [5.41, 5.74) is 3.28. The van der Waals surface area contributed by atoms with Gasteiger partial charge in [0, 0.05) is 6.42 Å². The fraction of sp³-hybridized carbons (Fsp3) is 0.263. The zero-order valence-electron chi connectivity index (χ0n) is 13.0. The lowest BCUT2D eigenvalue weighted by atomic mass is 10.1. The molecule has 1 heterocycles. The topological polar surface area (TPSA) is 34.9 Å². The molecule has 2 aromatic carbocycles. The normalized spacial score (nSPS) is 12.5. The molecule has 1 unspecified atom stereocenters. The number of fused-ring (bicyclic) bond motifs is 1. The number of aromatic nitrogens is 2. The minimum atomic E-state index is -0.182. The predicted molar refractivity (Wildman–Crippen MR) is 89.0 cm³/mol. The van der Waals surface area contributed by atoms with E-state index in [0.717, 1.165) is 29.7 Å². The van der Waals surface area contributed by atoms with E-state index in [-0.39, 0.29) is 11.8 Å². The zero-order chi connectivity index (χ0) is 15.5. The van der Waals surface area contributed by atoms with Gasteiger partial charge in [-0.2, -0.15) is 0 Å². The number of imidazole rings is 1. The van der Waals surface area contributed by atoms with Crippen molar-refractivity contribution in [2.24, 2.45) is 0 Å². The molecule has 3 nitrogen and oxygen atoms in total. The molecule has 3 rings (SSSR count). The Kier molecular flexibility index (Phi) is 4.05. The Bertz CT molecular complexity index is 790. The van der Waals surface area contributed by atoms with Crippen molar-refractivity contribution in [3.05, 3.63) is 66.0 Å². The highest BCUT2D eigenvalue weighted by molar-refractivity contribution is 5.83. The standard InChI is InChI=1S/C19H20N2O/c1-14(15(2)22)21-18-11-7-6-10-17(18)20-19(21)13-12-16-8-4-3-5-9-16/h3-11,14H,12-13H2,1-2H3. The van der Waals surface area contributed by atoms with Gasteiger partial charge in [0.1, 0.15) is 5.82 Å². The average molecular weight is 292 g/mol. The third kappa shape index (κ3) is 2.80. The zero-order valence-corrected chi connectivity index (χ0v) is 13.0. The van der Waals surface area contributed by atoms with Crippen molar-refractivity contribution in [1.29, 1.82) is 0 Å². The van der Waals surface area contributed by atoms with E-state index < -0.39 is 0 Å². The fourth-order valence-electron chi connectivity index (χ4n) is 2.79. The summed E-state index contributed by atoms with van der Waals surface area (Å²) < 4.78 is 2.08. The smallest absolute Gasteiger partial charge is 0.152 e. The van der Waals surface area contributed by atoms with Crippen molar-refractivity contribution >= 4 is 16.8 Å². The first-order valence-corrected chi connectivity index (χ1v) is 7.67. The number of carbonyl (C=O) groups excluding carboxylic acids is 1. The molecule has 0 N–H and O–H groups in total. The van der Waals surface area contributed by atoms with Crippen LogP contribution in [0, 0.1) is 0 Å². The van der Waals surface area contributed by atoms with Crippen molar-refractivity contribution < 1.29 is 4.79 Å². The number of benzene rings is 2. The number of carbonyl (C=O) groups is 1. The van der Waals surface area contributed by atoms with Gasteiger partial charge in [-0.15, -0.1) is 0 Å². The van der Waals surface area contributed by atoms with E-state index in [4.69, 9.17) is 4.98 Å². The number of nitrogens with zero attached hydrogens (tertiary/aromatic N) is 2. The van der Waals surface area contributed by atoms with Crippen LogP contribution < -0.4 is 0 Å². The molecule has 112 valence electrons. The van der Waals surface area contributed by atoms with Crippen molar-refractivity contribution in [1.82, 2.24) is 9.55 Å². The molecule has 0 amide bonds. The first-order valence-electron chi connectivity index (χ1n) is 7.67. The molecule has 3 aromatic rings. The van der Waals surface area contributed by atoms with Gasteiger partial charge in [-0.05, 0) is 38.0 Å². The largest absolute Gasteiger partial charge is 0.318 e. The molecular formula is C19H20N2O. The monoisotopic (exact) mass is 292 g/mol. The second-order valence-corrected chi connectivity index (χ2v) is 5.66. The molecule has 1 aromatic heterocycles. The number of para-hydroxylation sites is 2. The average Bonchev–Trinajstić information content (AvgIpc) is 2.91. The minimum Gasteiger partial charge on any atom is -0.318 e. The maximum absolute atomic E-state index is 11.9. The molecule has 0 saturated heterocycles. The summed E-state index contributed by atoms with van der Waals surface area (Å²) in [6.07, 6.45) is 1.76. The van der Waals surface area contributed by atoms with Gasteiger partial charge in [0.05, 0.1) is 17.1 Å². The molecule has 0 radical (unpaired) electrons. The Morgan fingerprint density at radius 1 is 1.05 bits per heavy atom. The Balaban J connectivity index is 1.97. The minimum absolute atomic E-state index is 0.157. The van der Waals surface area contributed by atoms with Crippen LogP contribution in [0.2, 0.25) is 0 Å². The van der Waals surface area contributed by atoms with E-state index in [2.05, 4.69) is 28.8 Å². The van der Waals surface area contributed by atoms with Crippen molar-refractivity contribution in [3.8, 4) is 0 Å².